The quantitative estimate of drug-likeness (QED) is 0.815. The van der Waals surface area contributed by atoms with Gasteiger partial charge in [-0.2, -0.15) is 0 Å². The van der Waals surface area contributed by atoms with Crippen LogP contribution in [0.5, 0.6) is 5.75 Å². The van der Waals surface area contributed by atoms with Gasteiger partial charge in [-0.1, -0.05) is 25.5 Å². The molecule has 1 aromatic carbocycles. The largest absolute Gasteiger partial charge is 0.479 e. The van der Waals surface area contributed by atoms with E-state index < -0.39 is 17.9 Å². The van der Waals surface area contributed by atoms with E-state index >= 15 is 0 Å². The van der Waals surface area contributed by atoms with Crippen molar-refractivity contribution in [3.05, 3.63) is 30.1 Å². The lowest BCUT2D eigenvalue weighted by Crippen LogP contribution is -2.27. The predicted molar refractivity (Wildman–Crippen MR) is 53.4 cm³/mol. The fourth-order valence-corrected chi connectivity index (χ4v) is 1.19. The van der Waals surface area contributed by atoms with Gasteiger partial charge in [-0.3, -0.25) is 0 Å². The average molecular weight is 212 g/mol. The van der Waals surface area contributed by atoms with E-state index in [1.807, 2.05) is 6.92 Å². The minimum atomic E-state index is -1.07. The molecule has 15 heavy (non-hydrogen) atoms. The summed E-state index contributed by atoms with van der Waals surface area (Å²) in [5, 5.41) is 8.81. The van der Waals surface area contributed by atoms with Crippen LogP contribution in [0.2, 0.25) is 0 Å². The van der Waals surface area contributed by atoms with Gasteiger partial charge in [-0.15, -0.1) is 0 Å². The molecule has 0 aromatic heterocycles. The number of ether oxygens (including phenoxy) is 1. The van der Waals surface area contributed by atoms with Crippen molar-refractivity contribution in [1.29, 1.82) is 0 Å². The molecule has 0 saturated heterocycles. The van der Waals surface area contributed by atoms with Gasteiger partial charge in [-0.25, -0.2) is 9.18 Å². The SMILES string of the molecule is CCC[C@@H](Oc1ccccc1F)C(=O)O. The van der Waals surface area contributed by atoms with E-state index in [2.05, 4.69) is 0 Å². The van der Waals surface area contributed by atoms with E-state index in [-0.39, 0.29) is 5.75 Å². The van der Waals surface area contributed by atoms with Crippen LogP contribution in [0.15, 0.2) is 24.3 Å². The Bertz CT molecular complexity index is 338. The maximum absolute atomic E-state index is 13.1. The number of carboxylic acid groups (broad SMARTS) is 1. The maximum atomic E-state index is 13.1. The third-order valence-corrected chi connectivity index (χ3v) is 1.93. The molecule has 0 saturated carbocycles. The van der Waals surface area contributed by atoms with Crippen LogP contribution >= 0.6 is 0 Å². The van der Waals surface area contributed by atoms with Crippen molar-refractivity contribution in [2.24, 2.45) is 0 Å². The number of hydrogen-bond acceptors (Lipinski definition) is 2. The summed E-state index contributed by atoms with van der Waals surface area (Å²) in [5.41, 5.74) is 0. The molecule has 0 radical (unpaired) electrons. The number of hydrogen-bond donors (Lipinski definition) is 1. The van der Waals surface area contributed by atoms with Crippen LogP contribution in [0.3, 0.4) is 0 Å². The third kappa shape index (κ3) is 3.23. The van der Waals surface area contributed by atoms with Crippen molar-refractivity contribution in [3.63, 3.8) is 0 Å². The Hall–Kier alpha value is -1.58. The molecule has 0 spiro atoms. The van der Waals surface area contributed by atoms with Crippen molar-refractivity contribution in [3.8, 4) is 5.75 Å². The molecule has 0 unspecified atom stereocenters. The van der Waals surface area contributed by atoms with Crippen LogP contribution in [0.25, 0.3) is 0 Å². The van der Waals surface area contributed by atoms with E-state index in [1.54, 1.807) is 6.07 Å². The molecule has 0 bridgehead atoms. The lowest BCUT2D eigenvalue weighted by atomic mass is 10.2. The van der Waals surface area contributed by atoms with Gasteiger partial charge in [0.25, 0.3) is 0 Å². The molecule has 0 aliphatic heterocycles. The van der Waals surface area contributed by atoms with Gasteiger partial charge in [-0.05, 0) is 18.6 Å². The number of halogens is 1. The normalized spacial score (nSPS) is 12.1. The van der Waals surface area contributed by atoms with Crippen LogP contribution in [0.1, 0.15) is 19.8 Å². The van der Waals surface area contributed by atoms with Gasteiger partial charge in [0.05, 0.1) is 0 Å². The first-order valence-electron chi connectivity index (χ1n) is 4.79. The molecule has 0 heterocycles. The summed E-state index contributed by atoms with van der Waals surface area (Å²) in [6.07, 6.45) is 0.0571. The highest BCUT2D eigenvalue weighted by Crippen LogP contribution is 2.18. The molecule has 0 aliphatic carbocycles. The number of aliphatic carboxylic acids is 1. The van der Waals surface area contributed by atoms with Gasteiger partial charge < -0.3 is 9.84 Å². The van der Waals surface area contributed by atoms with E-state index in [0.717, 1.165) is 0 Å². The first kappa shape index (κ1) is 11.5. The van der Waals surface area contributed by atoms with Crippen molar-refractivity contribution in [1.82, 2.24) is 0 Å². The summed E-state index contributed by atoms with van der Waals surface area (Å²) < 4.78 is 18.2. The fourth-order valence-electron chi connectivity index (χ4n) is 1.19. The number of para-hydroxylation sites is 1. The zero-order valence-electron chi connectivity index (χ0n) is 8.44. The van der Waals surface area contributed by atoms with Gasteiger partial charge in [0.15, 0.2) is 17.7 Å². The van der Waals surface area contributed by atoms with Gasteiger partial charge >= 0.3 is 5.97 Å². The van der Waals surface area contributed by atoms with E-state index in [1.165, 1.54) is 18.2 Å². The molecular formula is C11H13FO3. The standard InChI is InChI=1S/C11H13FO3/c1-2-5-10(11(13)14)15-9-7-4-3-6-8(9)12/h3-4,6-7,10H,2,5H2,1H3,(H,13,14)/t10-/m1/s1. The summed E-state index contributed by atoms with van der Waals surface area (Å²) in [6, 6.07) is 5.78. The van der Waals surface area contributed by atoms with Crippen molar-refractivity contribution >= 4 is 5.97 Å². The number of benzene rings is 1. The van der Waals surface area contributed by atoms with E-state index in [4.69, 9.17) is 9.84 Å². The minimum absolute atomic E-state index is 0.0154. The topological polar surface area (TPSA) is 46.5 Å². The second kappa shape index (κ2) is 5.34. The molecule has 0 aliphatic rings. The Kier molecular flexibility index (Phi) is 4.09. The van der Waals surface area contributed by atoms with Gasteiger partial charge in [0, 0.05) is 0 Å². The lowest BCUT2D eigenvalue weighted by molar-refractivity contribution is -0.145. The number of carbonyl (C=O) groups is 1. The zero-order chi connectivity index (χ0) is 11.3. The van der Waals surface area contributed by atoms with Crippen molar-refractivity contribution in [2.75, 3.05) is 0 Å². The Labute approximate surface area is 87.5 Å². The van der Waals surface area contributed by atoms with Crippen LogP contribution in [0.4, 0.5) is 4.39 Å². The Balaban J connectivity index is 2.74. The van der Waals surface area contributed by atoms with Crippen molar-refractivity contribution < 1.29 is 19.0 Å². The van der Waals surface area contributed by atoms with Crippen LogP contribution in [-0.4, -0.2) is 17.2 Å². The summed E-state index contributed by atoms with van der Waals surface area (Å²) in [5.74, 6) is -1.63. The highest BCUT2D eigenvalue weighted by molar-refractivity contribution is 5.72. The van der Waals surface area contributed by atoms with Crippen LogP contribution in [-0.2, 0) is 4.79 Å². The Morgan fingerprint density at radius 3 is 2.73 bits per heavy atom. The molecule has 1 rings (SSSR count). The van der Waals surface area contributed by atoms with Gasteiger partial charge in [0.1, 0.15) is 0 Å². The molecule has 82 valence electrons. The summed E-state index contributed by atoms with van der Waals surface area (Å²) in [6.45, 7) is 1.85. The molecule has 1 N–H and O–H groups in total. The molecule has 0 fully saturated rings. The van der Waals surface area contributed by atoms with Crippen LogP contribution in [0, 0.1) is 5.82 Å². The minimum Gasteiger partial charge on any atom is -0.479 e. The highest BCUT2D eigenvalue weighted by atomic mass is 19.1. The molecule has 1 atom stereocenters. The van der Waals surface area contributed by atoms with Gasteiger partial charge in [0.2, 0.25) is 0 Å². The van der Waals surface area contributed by atoms with E-state index in [9.17, 15) is 9.18 Å². The molecular weight excluding hydrogens is 199 g/mol. The molecule has 1 aromatic rings. The second-order valence-corrected chi connectivity index (χ2v) is 3.16. The highest BCUT2D eigenvalue weighted by Gasteiger charge is 2.19. The third-order valence-electron chi connectivity index (χ3n) is 1.93. The molecule has 3 nitrogen and oxygen atoms in total. The molecule has 4 heteroatoms. The fraction of sp³-hybridized carbons (Fsp3) is 0.364. The predicted octanol–water partition coefficient (Wildman–Crippen LogP) is 2.46. The number of carboxylic acids is 1. The monoisotopic (exact) mass is 212 g/mol. The first-order chi connectivity index (χ1) is 7.15. The van der Waals surface area contributed by atoms with Crippen molar-refractivity contribution in [2.45, 2.75) is 25.9 Å². The van der Waals surface area contributed by atoms with E-state index in [0.29, 0.717) is 12.8 Å². The Morgan fingerprint density at radius 1 is 1.53 bits per heavy atom. The second-order valence-electron chi connectivity index (χ2n) is 3.16. The summed E-state index contributed by atoms with van der Waals surface area (Å²) >= 11 is 0. The average Bonchev–Trinajstić information content (AvgIpc) is 2.20. The summed E-state index contributed by atoms with van der Waals surface area (Å²) in [7, 11) is 0. The lowest BCUT2D eigenvalue weighted by Gasteiger charge is -2.14. The Morgan fingerprint density at radius 2 is 2.20 bits per heavy atom. The summed E-state index contributed by atoms with van der Waals surface area (Å²) in [4.78, 5) is 10.8. The smallest absolute Gasteiger partial charge is 0.344 e. The first-order valence-corrected chi connectivity index (χ1v) is 4.79. The zero-order valence-corrected chi connectivity index (χ0v) is 8.44. The maximum Gasteiger partial charge on any atom is 0.344 e. The molecule has 0 amide bonds. The van der Waals surface area contributed by atoms with Crippen LogP contribution < -0.4 is 4.74 Å². The number of rotatable bonds is 5.